The first kappa shape index (κ1) is 8.62. The molecule has 0 spiro atoms. The van der Waals surface area contributed by atoms with Crippen LogP contribution < -0.4 is 5.32 Å². The maximum atomic E-state index is 5.05. The number of oxazole rings is 1. The average molecular weight is 172 g/mol. The minimum absolute atomic E-state index is 0.446. The van der Waals surface area contributed by atoms with Crippen molar-refractivity contribution < 1.29 is 4.42 Å². The Hall–Kier alpha value is -0.480. The van der Waals surface area contributed by atoms with Crippen molar-refractivity contribution in [3.8, 4) is 0 Å². The lowest BCUT2D eigenvalue weighted by molar-refractivity contribution is 0.468. The number of nitrogens with one attached hydrogen (secondary N) is 1. The van der Waals surface area contributed by atoms with E-state index in [1.165, 1.54) is 0 Å². The van der Waals surface area contributed by atoms with E-state index in [0.717, 1.165) is 5.89 Å². The number of hydrogen-bond acceptors (Lipinski definition) is 4. The smallest absolute Gasteiger partial charge is 0.207 e. The maximum Gasteiger partial charge on any atom is 0.207 e. The SMILES string of the molecule is CSC(C)NCc1ncco1. The predicted molar refractivity (Wildman–Crippen MR) is 46.3 cm³/mol. The summed E-state index contributed by atoms with van der Waals surface area (Å²) < 4.78 is 5.05. The molecule has 1 heterocycles. The van der Waals surface area contributed by atoms with Gasteiger partial charge < -0.3 is 4.42 Å². The molecule has 3 nitrogen and oxygen atoms in total. The van der Waals surface area contributed by atoms with E-state index in [1.54, 1.807) is 24.2 Å². The first-order chi connectivity index (χ1) is 5.33. The van der Waals surface area contributed by atoms with Gasteiger partial charge in [0.15, 0.2) is 0 Å². The average Bonchev–Trinajstić information content (AvgIpc) is 2.52. The van der Waals surface area contributed by atoms with Gasteiger partial charge in [0.05, 0.1) is 18.1 Å². The van der Waals surface area contributed by atoms with Crippen LogP contribution in [0.15, 0.2) is 16.9 Å². The summed E-state index contributed by atoms with van der Waals surface area (Å²) >= 11 is 1.77. The van der Waals surface area contributed by atoms with Gasteiger partial charge in [-0.15, -0.1) is 11.8 Å². The van der Waals surface area contributed by atoms with Crippen molar-refractivity contribution >= 4 is 11.8 Å². The molecule has 0 aliphatic heterocycles. The summed E-state index contributed by atoms with van der Waals surface area (Å²) in [6, 6.07) is 0. The summed E-state index contributed by atoms with van der Waals surface area (Å²) in [5.41, 5.74) is 0. The second-order valence-electron chi connectivity index (χ2n) is 2.18. The van der Waals surface area contributed by atoms with Crippen molar-refractivity contribution in [3.05, 3.63) is 18.4 Å². The Morgan fingerprint density at radius 2 is 2.64 bits per heavy atom. The van der Waals surface area contributed by atoms with Crippen LogP contribution in [0.3, 0.4) is 0 Å². The molecule has 1 unspecified atom stereocenters. The number of aromatic nitrogens is 1. The summed E-state index contributed by atoms with van der Waals surface area (Å²) in [5.74, 6) is 0.742. The largest absolute Gasteiger partial charge is 0.448 e. The third kappa shape index (κ3) is 2.95. The molecule has 1 rings (SSSR count). The van der Waals surface area contributed by atoms with Gasteiger partial charge in [0, 0.05) is 0 Å². The molecule has 1 atom stereocenters. The molecule has 0 saturated heterocycles. The molecule has 1 aromatic rings. The van der Waals surface area contributed by atoms with Gasteiger partial charge in [-0.3, -0.25) is 5.32 Å². The van der Waals surface area contributed by atoms with Crippen LogP contribution in [0, 0.1) is 0 Å². The van der Waals surface area contributed by atoms with Crippen LogP contribution in [-0.4, -0.2) is 16.6 Å². The highest BCUT2D eigenvalue weighted by Crippen LogP contribution is 2.02. The van der Waals surface area contributed by atoms with Gasteiger partial charge >= 0.3 is 0 Å². The Kier molecular flexibility index (Phi) is 3.45. The Balaban J connectivity index is 2.23. The second kappa shape index (κ2) is 4.41. The van der Waals surface area contributed by atoms with Gasteiger partial charge in [0.25, 0.3) is 0 Å². The molecule has 0 aromatic carbocycles. The molecule has 0 fully saturated rings. The molecule has 0 radical (unpaired) electrons. The molecule has 4 heteroatoms. The van der Waals surface area contributed by atoms with Crippen LogP contribution in [0.2, 0.25) is 0 Å². The molecule has 1 aromatic heterocycles. The van der Waals surface area contributed by atoms with Gasteiger partial charge in [-0.25, -0.2) is 4.98 Å². The highest BCUT2D eigenvalue weighted by atomic mass is 32.2. The fourth-order valence-electron chi connectivity index (χ4n) is 0.655. The minimum atomic E-state index is 0.446. The van der Waals surface area contributed by atoms with E-state index in [1.807, 2.05) is 0 Å². The number of hydrogen-bond donors (Lipinski definition) is 1. The fraction of sp³-hybridized carbons (Fsp3) is 0.571. The second-order valence-corrected chi connectivity index (χ2v) is 3.36. The van der Waals surface area contributed by atoms with E-state index in [-0.39, 0.29) is 0 Å². The minimum Gasteiger partial charge on any atom is -0.448 e. The van der Waals surface area contributed by atoms with Crippen LogP contribution in [0.1, 0.15) is 12.8 Å². The normalized spacial score (nSPS) is 13.3. The zero-order chi connectivity index (χ0) is 8.10. The first-order valence-corrected chi connectivity index (χ1v) is 4.76. The first-order valence-electron chi connectivity index (χ1n) is 3.47. The van der Waals surface area contributed by atoms with E-state index < -0.39 is 0 Å². The quantitative estimate of drug-likeness (QED) is 0.698. The van der Waals surface area contributed by atoms with Gasteiger partial charge in [-0.2, -0.15) is 0 Å². The summed E-state index contributed by atoms with van der Waals surface area (Å²) in [7, 11) is 0. The third-order valence-corrected chi connectivity index (χ3v) is 2.25. The standard InChI is InChI=1S/C7H12N2OS/c1-6(11-2)9-5-7-8-3-4-10-7/h3-4,6,9H,5H2,1-2H3. The van der Waals surface area contributed by atoms with Crippen molar-refractivity contribution in [2.24, 2.45) is 0 Å². The third-order valence-electron chi connectivity index (χ3n) is 1.38. The summed E-state index contributed by atoms with van der Waals surface area (Å²) in [5, 5.41) is 3.69. The van der Waals surface area contributed by atoms with Crippen molar-refractivity contribution in [2.45, 2.75) is 18.8 Å². The van der Waals surface area contributed by atoms with Crippen LogP contribution >= 0.6 is 11.8 Å². The van der Waals surface area contributed by atoms with Crippen LogP contribution in [-0.2, 0) is 6.54 Å². The van der Waals surface area contributed by atoms with Gasteiger partial charge in [0.2, 0.25) is 5.89 Å². The highest BCUT2D eigenvalue weighted by molar-refractivity contribution is 7.99. The molecular formula is C7H12N2OS. The molecule has 0 aliphatic carbocycles. The van der Waals surface area contributed by atoms with E-state index in [0.29, 0.717) is 11.9 Å². The summed E-state index contributed by atoms with van der Waals surface area (Å²) in [4.78, 5) is 3.98. The lowest BCUT2D eigenvalue weighted by Gasteiger charge is -2.07. The van der Waals surface area contributed by atoms with Crippen LogP contribution in [0.4, 0.5) is 0 Å². The molecule has 1 N–H and O–H groups in total. The summed E-state index contributed by atoms with van der Waals surface area (Å²) in [6.07, 6.45) is 5.30. The van der Waals surface area contributed by atoms with Gasteiger partial charge in [-0.05, 0) is 13.2 Å². The van der Waals surface area contributed by atoms with E-state index in [4.69, 9.17) is 4.42 Å². The Morgan fingerprint density at radius 3 is 3.18 bits per heavy atom. The lowest BCUT2D eigenvalue weighted by Crippen LogP contribution is -2.21. The Labute approximate surface area is 70.6 Å². The molecule has 0 aliphatic rings. The number of nitrogens with zero attached hydrogens (tertiary/aromatic N) is 1. The van der Waals surface area contributed by atoms with Crippen molar-refractivity contribution in [1.29, 1.82) is 0 Å². The molecule has 0 amide bonds. The topological polar surface area (TPSA) is 38.1 Å². The zero-order valence-corrected chi connectivity index (χ0v) is 7.52. The van der Waals surface area contributed by atoms with Gasteiger partial charge in [-0.1, -0.05) is 0 Å². The summed E-state index contributed by atoms with van der Waals surface area (Å²) in [6.45, 7) is 2.81. The Bertz CT molecular complexity index is 188. The van der Waals surface area contributed by atoms with E-state index in [2.05, 4.69) is 23.5 Å². The maximum absolute atomic E-state index is 5.05. The van der Waals surface area contributed by atoms with E-state index >= 15 is 0 Å². The fourth-order valence-corrected chi connectivity index (χ4v) is 0.905. The van der Waals surface area contributed by atoms with Crippen molar-refractivity contribution in [2.75, 3.05) is 6.26 Å². The molecular weight excluding hydrogens is 160 g/mol. The van der Waals surface area contributed by atoms with Crippen LogP contribution in [0.25, 0.3) is 0 Å². The predicted octanol–water partition coefficient (Wildman–Crippen LogP) is 1.47. The molecule has 62 valence electrons. The number of rotatable bonds is 4. The van der Waals surface area contributed by atoms with Crippen molar-refractivity contribution in [3.63, 3.8) is 0 Å². The van der Waals surface area contributed by atoms with Crippen molar-refractivity contribution in [1.82, 2.24) is 10.3 Å². The molecule has 0 bridgehead atoms. The lowest BCUT2D eigenvalue weighted by atomic mass is 10.6. The number of thioether (sulfide) groups is 1. The monoisotopic (exact) mass is 172 g/mol. The van der Waals surface area contributed by atoms with E-state index in [9.17, 15) is 0 Å². The highest BCUT2D eigenvalue weighted by Gasteiger charge is 2.00. The van der Waals surface area contributed by atoms with Gasteiger partial charge in [0.1, 0.15) is 6.26 Å². The molecule has 0 saturated carbocycles. The zero-order valence-electron chi connectivity index (χ0n) is 6.70. The van der Waals surface area contributed by atoms with Crippen LogP contribution in [0.5, 0.6) is 0 Å². The Morgan fingerprint density at radius 1 is 1.82 bits per heavy atom. The molecule has 11 heavy (non-hydrogen) atoms.